The van der Waals surface area contributed by atoms with Gasteiger partial charge in [0.2, 0.25) is 0 Å². The molecule has 0 aliphatic rings. The summed E-state index contributed by atoms with van der Waals surface area (Å²) in [5.74, 6) is 0. The SMILES string of the molecule is Cc1c(Cl)ccc2onc(Cl)c12. The Kier molecular flexibility index (Phi) is 1.74. The first-order valence-electron chi connectivity index (χ1n) is 3.40. The van der Waals surface area contributed by atoms with Crippen molar-refractivity contribution in [3.8, 4) is 0 Å². The van der Waals surface area contributed by atoms with E-state index in [-0.39, 0.29) is 0 Å². The molecule has 0 spiro atoms. The Bertz CT molecular complexity index is 436. The summed E-state index contributed by atoms with van der Waals surface area (Å²) in [6.07, 6.45) is 0. The highest BCUT2D eigenvalue weighted by atomic mass is 35.5. The number of fused-ring (bicyclic) bond motifs is 1. The van der Waals surface area contributed by atoms with Crippen molar-refractivity contribution in [3.63, 3.8) is 0 Å². The molecule has 0 bridgehead atoms. The average Bonchev–Trinajstić information content (AvgIpc) is 2.41. The molecule has 0 unspecified atom stereocenters. The monoisotopic (exact) mass is 201 g/mol. The topological polar surface area (TPSA) is 26.0 Å². The van der Waals surface area contributed by atoms with Crippen molar-refractivity contribution in [2.45, 2.75) is 6.92 Å². The molecular weight excluding hydrogens is 197 g/mol. The summed E-state index contributed by atoms with van der Waals surface area (Å²) in [5, 5.41) is 5.46. The molecule has 0 saturated heterocycles. The van der Waals surface area contributed by atoms with Crippen molar-refractivity contribution in [1.82, 2.24) is 5.16 Å². The molecule has 2 rings (SSSR count). The standard InChI is InChI=1S/C8H5Cl2NO/c1-4-5(9)2-3-6-7(4)8(10)11-12-6/h2-3H,1H3. The van der Waals surface area contributed by atoms with Gasteiger partial charge in [-0.3, -0.25) is 0 Å². The molecule has 62 valence electrons. The van der Waals surface area contributed by atoms with E-state index in [1.807, 2.05) is 6.92 Å². The van der Waals surface area contributed by atoms with Crippen molar-refractivity contribution in [3.05, 3.63) is 27.9 Å². The van der Waals surface area contributed by atoms with Gasteiger partial charge in [0, 0.05) is 5.02 Å². The van der Waals surface area contributed by atoms with Crippen LogP contribution in [0, 0.1) is 6.92 Å². The minimum Gasteiger partial charge on any atom is -0.355 e. The van der Waals surface area contributed by atoms with Gasteiger partial charge in [0.25, 0.3) is 0 Å². The van der Waals surface area contributed by atoms with E-state index >= 15 is 0 Å². The highest BCUT2D eigenvalue weighted by molar-refractivity contribution is 6.36. The Morgan fingerprint density at radius 1 is 1.33 bits per heavy atom. The number of aromatic nitrogens is 1. The molecule has 0 aliphatic carbocycles. The molecule has 0 atom stereocenters. The summed E-state index contributed by atoms with van der Waals surface area (Å²) in [4.78, 5) is 0. The maximum Gasteiger partial charge on any atom is 0.180 e. The van der Waals surface area contributed by atoms with Crippen LogP contribution >= 0.6 is 23.2 Å². The summed E-state index contributed by atoms with van der Waals surface area (Å²) < 4.78 is 4.94. The van der Waals surface area contributed by atoms with Crippen LogP contribution in [-0.2, 0) is 0 Å². The molecule has 1 aromatic carbocycles. The van der Waals surface area contributed by atoms with Crippen LogP contribution in [0.25, 0.3) is 11.0 Å². The van der Waals surface area contributed by atoms with Crippen molar-refractivity contribution in [1.29, 1.82) is 0 Å². The van der Waals surface area contributed by atoms with Gasteiger partial charge in [0.05, 0.1) is 5.39 Å². The molecule has 0 N–H and O–H groups in total. The van der Waals surface area contributed by atoms with Crippen molar-refractivity contribution >= 4 is 34.2 Å². The quantitative estimate of drug-likeness (QED) is 0.653. The van der Waals surface area contributed by atoms with E-state index in [9.17, 15) is 0 Å². The number of hydrogen-bond acceptors (Lipinski definition) is 2. The van der Waals surface area contributed by atoms with Crippen LogP contribution in [0.3, 0.4) is 0 Å². The molecular formula is C8H5Cl2NO. The predicted molar refractivity (Wildman–Crippen MR) is 48.8 cm³/mol. The van der Waals surface area contributed by atoms with Crippen LogP contribution in [0.15, 0.2) is 16.7 Å². The molecule has 0 radical (unpaired) electrons. The van der Waals surface area contributed by atoms with E-state index in [4.69, 9.17) is 27.7 Å². The van der Waals surface area contributed by atoms with Crippen LogP contribution in [0.1, 0.15) is 5.56 Å². The van der Waals surface area contributed by atoms with Gasteiger partial charge >= 0.3 is 0 Å². The van der Waals surface area contributed by atoms with Crippen LogP contribution in [0.4, 0.5) is 0 Å². The summed E-state index contributed by atoms with van der Waals surface area (Å²) in [5.41, 5.74) is 1.57. The van der Waals surface area contributed by atoms with Gasteiger partial charge in [-0.05, 0) is 24.6 Å². The second-order valence-electron chi connectivity index (χ2n) is 2.52. The van der Waals surface area contributed by atoms with Gasteiger partial charge in [-0.25, -0.2) is 0 Å². The van der Waals surface area contributed by atoms with Crippen LogP contribution in [0.2, 0.25) is 10.2 Å². The highest BCUT2D eigenvalue weighted by Crippen LogP contribution is 2.30. The Labute approximate surface area is 79.0 Å². The number of benzene rings is 1. The van der Waals surface area contributed by atoms with Gasteiger partial charge in [0.15, 0.2) is 10.7 Å². The highest BCUT2D eigenvalue weighted by Gasteiger charge is 2.10. The summed E-state index contributed by atoms with van der Waals surface area (Å²) >= 11 is 11.7. The lowest BCUT2D eigenvalue weighted by Crippen LogP contribution is -1.75. The first kappa shape index (κ1) is 7.90. The molecule has 0 fully saturated rings. The Hall–Kier alpha value is -0.730. The van der Waals surface area contributed by atoms with E-state index in [0.29, 0.717) is 15.8 Å². The fraction of sp³-hybridized carbons (Fsp3) is 0.125. The third-order valence-corrected chi connectivity index (χ3v) is 2.46. The molecule has 2 aromatic rings. The minimum absolute atomic E-state index is 0.366. The fourth-order valence-electron chi connectivity index (χ4n) is 1.13. The Morgan fingerprint density at radius 3 is 2.83 bits per heavy atom. The number of hydrogen-bond donors (Lipinski definition) is 0. The fourth-order valence-corrected chi connectivity index (χ4v) is 1.56. The number of halogens is 2. The van der Waals surface area contributed by atoms with Gasteiger partial charge in [0.1, 0.15) is 0 Å². The van der Waals surface area contributed by atoms with E-state index in [1.54, 1.807) is 12.1 Å². The number of rotatable bonds is 0. The van der Waals surface area contributed by atoms with Gasteiger partial charge in [-0.2, -0.15) is 0 Å². The lowest BCUT2D eigenvalue weighted by molar-refractivity contribution is 0.457. The Balaban J connectivity index is 2.96. The third-order valence-electron chi connectivity index (χ3n) is 1.79. The second-order valence-corrected chi connectivity index (χ2v) is 3.28. The molecule has 0 saturated carbocycles. The molecule has 4 heteroatoms. The first-order chi connectivity index (χ1) is 5.70. The summed E-state index contributed by atoms with van der Waals surface area (Å²) in [7, 11) is 0. The zero-order chi connectivity index (χ0) is 8.72. The van der Waals surface area contributed by atoms with Crippen molar-refractivity contribution in [2.75, 3.05) is 0 Å². The second kappa shape index (κ2) is 2.64. The van der Waals surface area contributed by atoms with Crippen LogP contribution in [0.5, 0.6) is 0 Å². The minimum atomic E-state index is 0.366. The normalized spacial score (nSPS) is 10.9. The zero-order valence-electron chi connectivity index (χ0n) is 6.27. The maximum absolute atomic E-state index is 5.89. The van der Waals surface area contributed by atoms with Gasteiger partial charge in [-0.1, -0.05) is 28.4 Å². The molecule has 1 aromatic heterocycles. The Morgan fingerprint density at radius 2 is 2.08 bits per heavy atom. The largest absolute Gasteiger partial charge is 0.355 e. The van der Waals surface area contributed by atoms with Crippen LogP contribution < -0.4 is 0 Å². The van der Waals surface area contributed by atoms with Crippen molar-refractivity contribution in [2.24, 2.45) is 0 Å². The average molecular weight is 202 g/mol. The molecule has 2 nitrogen and oxygen atoms in total. The zero-order valence-corrected chi connectivity index (χ0v) is 7.78. The predicted octanol–water partition coefficient (Wildman–Crippen LogP) is 3.44. The third kappa shape index (κ3) is 0.993. The molecule has 12 heavy (non-hydrogen) atoms. The molecule has 1 heterocycles. The van der Waals surface area contributed by atoms with Crippen LogP contribution in [-0.4, -0.2) is 5.16 Å². The number of nitrogens with zero attached hydrogens (tertiary/aromatic N) is 1. The smallest absolute Gasteiger partial charge is 0.180 e. The van der Waals surface area contributed by atoms with E-state index < -0.39 is 0 Å². The van der Waals surface area contributed by atoms with E-state index in [1.165, 1.54) is 0 Å². The van der Waals surface area contributed by atoms with Gasteiger partial charge in [-0.15, -0.1) is 0 Å². The van der Waals surface area contributed by atoms with E-state index in [0.717, 1.165) is 10.9 Å². The molecule has 0 amide bonds. The lowest BCUT2D eigenvalue weighted by Gasteiger charge is -1.96. The maximum atomic E-state index is 5.89. The molecule has 0 aliphatic heterocycles. The van der Waals surface area contributed by atoms with E-state index in [2.05, 4.69) is 5.16 Å². The summed E-state index contributed by atoms with van der Waals surface area (Å²) in [6.45, 7) is 1.88. The van der Waals surface area contributed by atoms with Gasteiger partial charge < -0.3 is 4.52 Å². The lowest BCUT2D eigenvalue weighted by atomic mass is 10.1. The van der Waals surface area contributed by atoms with Crippen molar-refractivity contribution < 1.29 is 4.52 Å². The first-order valence-corrected chi connectivity index (χ1v) is 4.15. The summed E-state index contributed by atoms with van der Waals surface area (Å²) in [6, 6.07) is 3.52. The number of aryl methyl sites for hydroxylation is 1.